The van der Waals surface area contributed by atoms with Crippen LogP contribution in [0.5, 0.6) is 5.75 Å². The molecule has 0 aromatic heterocycles. The summed E-state index contributed by atoms with van der Waals surface area (Å²) in [6.45, 7) is 7.18. The number of hydrogen-bond donors (Lipinski definition) is 1. The van der Waals surface area contributed by atoms with E-state index in [0.717, 1.165) is 11.5 Å². The zero-order valence-corrected chi connectivity index (χ0v) is 15.4. The Balaban J connectivity index is 1.60. The van der Waals surface area contributed by atoms with Crippen molar-refractivity contribution in [2.45, 2.75) is 32.1 Å². The van der Waals surface area contributed by atoms with Crippen LogP contribution in [0.15, 0.2) is 47.4 Å². The van der Waals surface area contributed by atoms with Crippen LogP contribution in [-0.4, -0.2) is 24.8 Å². The Bertz CT molecular complexity index is 648. The molecule has 3 nitrogen and oxygen atoms in total. The third kappa shape index (κ3) is 6.67. The van der Waals surface area contributed by atoms with Crippen LogP contribution in [0.1, 0.15) is 23.1 Å². The van der Waals surface area contributed by atoms with Crippen LogP contribution in [0.4, 0.5) is 0 Å². The lowest BCUT2D eigenvalue weighted by molar-refractivity contribution is -0.120. The molecule has 0 radical (unpaired) electrons. The van der Waals surface area contributed by atoms with Crippen LogP contribution >= 0.6 is 11.8 Å². The van der Waals surface area contributed by atoms with E-state index in [1.54, 1.807) is 11.8 Å². The smallest absolute Gasteiger partial charge is 0.220 e. The minimum absolute atomic E-state index is 0.0682. The van der Waals surface area contributed by atoms with Crippen molar-refractivity contribution in [3.63, 3.8) is 0 Å². The van der Waals surface area contributed by atoms with Gasteiger partial charge in [-0.05, 0) is 56.2 Å². The monoisotopic (exact) mass is 343 g/mol. The maximum Gasteiger partial charge on any atom is 0.220 e. The molecule has 0 saturated heterocycles. The van der Waals surface area contributed by atoms with E-state index in [4.69, 9.17) is 4.74 Å². The summed E-state index contributed by atoms with van der Waals surface area (Å²) >= 11 is 1.70. The van der Waals surface area contributed by atoms with E-state index in [0.29, 0.717) is 19.6 Å². The normalized spacial score (nSPS) is 10.5. The first-order valence-corrected chi connectivity index (χ1v) is 9.19. The molecule has 0 saturated carbocycles. The second-order valence-corrected chi connectivity index (χ2v) is 7.10. The summed E-state index contributed by atoms with van der Waals surface area (Å²) in [5, 5.41) is 2.90. The molecule has 0 fully saturated rings. The number of hydrogen-bond acceptors (Lipinski definition) is 3. The highest BCUT2D eigenvalue weighted by atomic mass is 32.2. The first-order chi connectivity index (χ1) is 11.5. The van der Waals surface area contributed by atoms with E-state index in [1.165, 1.54) is 21.6 Å². The average Bonchev–Trinajstić information content (AvgIpc) is 2.53. The molecular weight excluding hydrogens is 318 g/mol. The van der Waals surface area contributed by atoms with Crippen LogP contribution in [0, 0.1) is 20.8 Å². The van der Waals surface area contributed by atoms with E-state index in [2.05, 4.69) is 42.6 Å². The number of carbonyl (C=O) groups excluding carboxylic acids is 1. The van der Waals surface area contributed by atoms with E-state index in [9.17, 15) is 4.79 Å². The molecule has 2 aromatic rings. The quantitative estimate of drug-likeness (QED) is 0.574. The first-order valence-electron chi connectivity index (χ1n) is 8.20. The van der Waals surface area contributed by atoms with Gasteiger partial charge < -0.3 is 10.1 Å². The number of nitrogens with one attached hydrogen (secondary N) is 1. The molecule has 0 heterocycles. The SMILES string of the molecule is Cc1ccc(SCCC(=O)NCCOc2cc(C)cc(C)c2)cc1. The largest absolute Gasteiger partial charge is 0.492 e. The Morgan fingerprint density at radius 3 is 2.33 bits per heavy atom. The molecule has 1 amide bonds. The Hall–Kier alpha value is -1.94. The van der Waals surface area contributed by atoms with Gasteiger partial charge >= 0.3 is 0 Å². The van der Waals surface area contributed by atoms with E-state index < -0.39 is 0 Å². The summed E-state index contributed by atoms with van der Waals surface area (Å²) in [4.78, 5) is 13.0. The van der Waals surface area contributed by atoms with Gasteiger partial charge in [-0.1, -0.05) is 23.8 Å². The molecule has 4 heteroatoms. The molecular formula is C20H25NO2S. The van der Waals surface area contributed by atoms with Crippen LogP contribution in [0.2, 0.25) is 0 Å². The Kier molecular flexibility index (Phi) is 7.19. The number of aryl methyl sites for hydroxylation is 3. The lowest BCUT2D eigenvalue weighted by Crippen LogP contribution is -2.28. The lowest BCUT2D eigenvalue weighted by Gasteiger charge is -2.09. The number of thioether (sulfide) groups is 1. The molecule has 0 spiro atoms. The predicted octanol–water partition coefficient (Wildman–Crippen LogP) is 4.29. The highest BCUT2D eigenvalue weighted by Crippen LogP contribution is 2.19. The zero-order valence-electron chi connectivity index (χ0n) is 14.6. The van der Waals surface area contributed by atoms with Crippen LogP contribution in [-0.2, 0) is 4.79 Å². The predicted molar refractivity (Wildman–Crippen MR) is 101 cm³/mol. The van der Waals surface area contributed by atoms with E-state index in [-0.39, 0.29) is 5.91 Å². The maximum absolute atomic E-state index is 11.8. The van der Waals surface area contributed by atoms with E-state index >= 15 is 0 Å². The molecule has 24 heavy (non-hydrogen) atoms. The summed E-state index contributed by atoms with van der Waals surface area (Å²) in [5.74, 6) is 1.71. The van der Waals surface area contributed by atoms with Crippen LogP contribution in [0.25, 0.3) is 0 Å². The molecule has 2 rings (SSSR count). The summed E-state index contributed by atoms with van der Waals surface area (Å²) in [7, 11) is 0. The van der Waals surface area contributed by atoms with Gasteiger partial charge in [0.2, 0.25) is 5.91 Å². The molecule has 0 bridgehead atoms. The molecule has 0 aliphatic carbocycles. The number of amides is 1. The van der Waals surface area contributed by atoms with Crippen molar-refractivity contribution in [3.05, 3.63) is 59.2 Å². The van der Waals surface area contributed by atoms with Gasteiger partial charge in [0.15, 0.2) is 0 Å². The van der Waals surface area contributed by atoms with Gasteiger partial charge in [-0.25, -0.2) is 0 Å². The molecule has 1 N–H and O–H groups in total. The first kappa shape index (κ1) is 18.4. The fraction of sp³-hybridized carbons (Fsp3) is 0.350. The number of benzene rings is 2. The molecule has 128 valence electrons. The van der Waals surface area contributed by atoms with Gasteiger partial charge in [-0.3, -0.25) is 4.79 Å². The zero-order chi connectivity index (χ0) is 17.4. The summed E-state index contributed by atoms with van der Waals surface area (Å²) in [6.07, 6.45) is 0.516. The molecule has 0 aliphatic heterocycles. The van der Waals surface area contributed by atoms with Crippen molar-refractivity contribution in [1.82, 2.24) is 5.32 Å². The van der Waals surface area contributed by atoms with Gasteiger partial charge in [0.25, 0.3) is 0 Å². The fourth-order valence-electron chi connectivity index (χ4n) is 2.36. The van der Waals surface area contributed by atoms with Crippen molar-refractivity contribution >= 4 is 17.7 Å². The third-order valence-corrected chi connectivity index (χ3v) is 4.52. The van der Waals surface area contributed by atoms with Crippen molar-refractivity contribution in [3.8, 4) is 5.75 Å². The van der Waals surface area contributed by atoms with Crippen molar-refractivity contribution in [1.29, 1.82) is 0 Å². The number of carbonyl (C=O) groups is 1. The lowest BCUT2D eigenvalue weighted by atomic mass is 10.1. The highest BCUT2D eigenvalue weighted by molar-refractivity contribution is 7.99. The Labute approximate surface area is 148 Å². The number of ether oxygens (including phenoxy) is 1. The second kappa shape index (κ2) is 9.38. The Morgan fingerprint density at radius 1 is 1.00 bits per heavy atom. The van der Waals surface area contributed by atoms with Crippen molar-refractivity contribution in [2.75, 3.05) is 18.9 Å². The standard InChI is InChI=1S/C20H25NO2S/c1-15-4-6-19(7-5-15)24-11-8-20(22)21-9-10-23-18-13-16(2)12-17(3)14-18/h4-7,12-14H,8-11H2,1-3H3,(H,21,22). The topological polar surface area (TPSA) is 38.3 Å². The van der Waals surface area contributed by atoms with E-state index in [1.807, 2.05) is 26.0 Å². The van der Waals surface area contributed by atoms with Gasteiger partial charge in [0, 0.05) is 17.1 Å². The summed E-state index contributed by atoms with van der Waals surface area (Å²) < 4.78 is 5.68. The number of rotatable bonds is 8. The second-order valence-electron chi connectivity index (χ2n) is 5.93. The fourth-order valence-corrected chi connectivity index (χ4v) is 3.21. The highest BCUT2D eigenvalue weighted by Gasteiger charge is 2.02. The maximum atomic E-state index is 11.8. The molecule has 0 aliphatic rings. The van der Waals surface area contributed by atoms with Crippen LogP contribution < -0.4 is 10.1 Å². The minimum Gasteiger partial charge on any atom is -0.492 e. The molecule has 0 unspecified atom stereocenters. The average molecular weight is 343 g/mol. The third-order valence-electron chi connectivity index (χ3n) is 3.51. The van der Waals surface area contributed by atoms with Crippen molar-refractivity contribution < 1.29 is 9.53 Å². The van der Waals surface area contributed by atoms with Gasteiger partial charge in [-0.15, -0.1) is 11.8 Å². The Morgan fingerprint density at radius 2 is 1.67 bits per heavy atom. The van der Waals surface area contributed by atoms with Gasteiger partial charge in [0.1, 0.15) is 12.4 Å². The van der Waals surface area contributed by atoms with Gasteiger partial charge in [-0.2, -0.15) is 0 Å². The summed E-state index contributed by atoms with van der Waals surface area (Å²) in [6, 6.07) is 14.5. The van der Waals surface area contributed by atoms with Gasteiger partial charge in [0.05, 0.1) is 6.54 Å². The minimum atomic E-state index is 0.0682. The summed E-state index contributed by atoms with van der Waals surface area (Å²) in [5.41, 5.74) is 3.62. The molecule has 0 atom stereocenters. The van der Waals surface area contributed by atoms with Crippen LogP contribution in [0.3, 0.4) is 0 Å². The van der Waals surface area contributed by atoms with Crippen molar-refractivity contribution in [2.24, 2.45) is 0 Å². The molecule has 2 aromatic carbocycles.